The van der Waals surface area contributed by atoms with Crippen molar-refractivity contribution in [3.8, 4) is 0 Å². The molecule has 0 bridgehead atoms. The third kappa shape index (κ3) is 3.92. The fourth-order valence-corrected chi connectivity index (χ4v) is 2.86. The smallest absolute Gasteiger partial charge is 0.274 e. The fourth-order valence-electron chi connectivity index (χ4n) is 2.86. The third-order valence-corrected chi connectivity index (χ3v) is 4.23. The van der Waals surface area contributed by atoms with E-state index in [2.05, 4.69) is 24.4 Å². The van der Waals surface area contributed by atoms with Gasteiger partial charge in [-0.25, -0.2) is 9.97 Å². The first-order chi connectivity index (χ1) is 11.2. The molecule has 0 radical (unpaired) electrons. The Balaban J connectivity index is 1.53. The van der Waals surface area contributed by atoms with Crippen molar-refractivity contribution in [2.45, 2.75) is 12.8 Å². The topological polar surface area (TPSA) is 67.2 Å². The van der Waals surface area contributed by atoms with E-state index in [0.717, 1.165) is 51.4 Å². The van der Waals surface area contributed by atoms with Crippen LogP contribution in [0.3, 0.4) is 0 Å². The van der Waals surface area contributed by atoms with Crippen LogP contribution in [0.5, 0.6) is 0 Å². The molecule has 1 saturated heterocycles. The summed E-state index contributed by atoms with van der Waals surface area (Å²) in [6, 6.07) is 0. The Hall–Kier alpha value is -2.28. The van der Waals surface area contributed by atoms with E-state index in [-0.39, 0.29) is 5.91 Å². The van der Waals surface area contributed by atoms with E-state index in [1.54, 1.807) is 12.4 Å². The molecular weight excluding hydrogens is 292 g/mol. The Bertz CT molecular complexity index is 641. The molecule has 0 atom stereocenters. The van der Waals surface area contributed by atoms with E-state index in [9.17, 15) is 4.79 Å². The summed E-state index contributed by atoms with van der Waals surface area (Å²) < 4.78 is 2.06. The molecule has 122 valence electrons. The Morgan fingerprint density at radius 3 is 2.78 bits per heavy atom. The van der Waals surface area contributed by atoms with Crippen LogP contribution in [-0.2, 0) is 13.5 Å². The molecule has 2 aromatic heterocycles. The Kier molecular flexibility index (Phi) is 4.97. The Morgan fingerprint density at radius 2 is 2.04 bits per heavy atom. The van der Waals surface area contributed by atoms with Gasteiger partial charge in [-0.3, -0.25) is 9.78 Å². The minimum absolute atomic E-state index is 0.0240. The van der Waals surface area contributed by atoms with Gasteiger partial charge in [-0.1, -0.05) is 0 Å². The number of aryl methyl sites for hydroxylation is 1. The Morgan fingerprint density at radius 1 is 1.13 bits per heavy atom. The molecule has 0 aromatic carbocycles. The number of carbonyl (C=O) groups excluding carboxylic acids is 1. The lowest BCUT2D eigenvalue weighted by atomic mass is 10.3. The van der Waals surface area contributed by atoms with Gasteiger partial charge < -0.3 is 14.4 Å². The normalized spacial score (nSPS) is 16.3. The number of amides is 1. The van der Waals surface area contributed by atoms with E-state index in [4.69, 9.17) is 0 Å². The molecule has 1 aliphatic rings. The van der Waals surface area contributed by atoms with Gasteiger partial charge in [-0.15, -0.1) is 0 Å². The van der Waals surface area contributed by atoms with E-state index >= 15 is 0 Å². The van der Waals surface area contributed by atoms with Gasteiger partial charge >= 0.3 is 0 Å². The first kappa shape index (κ1) is 15.6. The summed E-state index contributed by atoms with van der Waals surface area (Å²) in [5.41, 5.74) is 0.425. The number of carbonyl (C=O) groups is 1. The van der Waals surface area contributed by atoms with Crippen LogP contribution in [0.15, 0.2) is 31.0 Å². The molecule has 7 heteroatoms. The number of hydrogen-bond acceptors (Lipinski definition) is 5. The molecule has 1 amide bonds. The van der Waals surface area contributed by atoms with Crippen LogP contribution < -0.4 is 0 Å². The van der Waals surface area contributed by atoms with Crippen molar-refractivity contribution in [1.82, 2.24) is 29.3 Å². The first-order valence-corrected chi connectivity index (χ1v) is 7.98. The average Bonchev–Trinajstić information content (AvgIpc) is 2.85. The quantitative estimate of drug-likeness (QED) is 0.827. The van der Waals surface area contributed by atoms with Gasteiger partial charge in [-0.2, -0.15) is 0 Å². The zero-order chi connectivity index (χ0) is 16.1. The molecule has 0 N–H and O–H groups in total. The second-order valence-corrected chi connectivity index (χ2v) is 5.78. The van der Waals surface area contributed by atoms with Gasteiger partial charge in [0.1, 0.15) is 11.5 Å². The standard InChI is InChI=1S/C16H22N6O/c1-20-10-6-19-15(20)3-9-21-7-2-8-22(12-11-21)16(23)14-13-17-4-5-18-14/h4-6,10,13H,2-3,7-9,11-12H2,1H3. The zero-order valence-electron chi connectivity index (χ0n) is 13.4. The summed E-state index contributed by atoms with van der Waals surface area (Å²) in [6.07, 6.45) is 10.4. The van der Waals surface area contributed by atoms with Crippen LogP contribution in [0, 0.1) is 0 Å². The number of nitrogens with zero attached hydrogens (tertiary/aromatic N) is 6. The zero-order valence-corrected chi connectivity index (χ0v) is 13.4. The lowest BCUT2D eigenvalue weighted by Gasteiger charge is -2.21. The van der Waals surface area contributed by atoms with Crippen LogP contribution >= 0.6 is 0 Å². The van der Waals surface area contributed by atoms with Crippen molar-refractivity contribution in [3.63, 3.8) is 0 Å². The summed E-state index contributed by atoms with van der Waals surface area (Å²) in [4.78, 5) is 29.2. The summed E-state index contributed by atoms with van der Waals surface area (Å²) in [5, 5.41) is 0. The molecule has 23 heavy (non-hydrogen) atoms. The van der Waals surface area contributed by atoms with Crippen molar-refractivity contribution < 1.29 is 4.79 Å². The fraction of sp³-hybridized carbons (Fsp3) is 0.500. The van der Waals surface area contributed by atoms with Crippen LogP contribution in [0.2, 0.25) is 0 Å². The average molecular weight is 314 g/mol. The summed E-state index contributed by atoms with van der Waals surface area (Å²) in [6.45, 7) is 4.37. The maximum Gasteiger partial charge on any atom is 0.274 e. The Labute approximate surface area is 136 Å². The molecule has 2 aromatic rings. The first-order valence-electron chi connectivity index (χ1n) is 7.98. The van der Waals surface area contributed by atoms with Gasteiger partial charge in [0.25, 0.3) is 5.91 Å². The highest BCUT2D eigenvalue weighted by Gasteiger charge is 2.21. The molecule has 0 spiro atoms. The molecule has 0 unspecified atom stereocenters. The lowest BCUT2D eigenvalue weighted by molar-refractivity contribution is 0.0755. The SMILES string of the molecule is Cn1ccnc1CCN1CCCN(C(=O)c2cnccn2)CC1. The van der Waals surface area contributed by atoms with Gasteiger partial charge in [0, 0.05) is 64.4 Å². The largest absolute Gasteiger partial charge is 0.338 e. The van der Waals surface area contributed by atoms with Gasteiger partial charge in [0.2, 0.25) is 0 Å². The highest BCUT2D eigenvalue weighted by Crippen LogP contribution is 2.08. The summed E-state index contributed by atoms with van der Waals surface area (Å²) in [7, 11) is 2.02. The predicted octanol–water partition coefficient (Wildman–Crippen LogP) is 0.601. The molecular formula is C16H22N6O. The van der Waals surface area contributed by atoms with Gasteiger partial charge in [-0.05, 0) is 13.0 Å². The van der Waals surface area contributed by atoms with E-state index in [1.807, 2.05) is 24.3 Å². The van der Waals surface area contributed by atoms with Crippen molar-refractivity contribution in [2.24, 2.45) is 7.05 Å². The molecule has 0 aliphatic carbocycles. The van der Waals surface area contributed by atoms with Crippen LogP contribution in [0.25, 0.3) is 0 Å². The molecule has 3 heterocycles. The monoisotopic (exact) mass is 314 g/mol. The van der Waals surface area contributed by atoms with Crippen molar-refractivity contribution in [3.05, 3.63) is 42.5 Å². The maximum absolute atomic E-state index is 12.4. The number of rotatable bonds is 4. The third-order valence-electron chi connectivity index (χ3n) is 4.23. The van der Waals surface area contributed by atoms with Crippen LogP contribution in [0.4, 0.5) is 0 Å². The minimum Gasteiger partial charge on any atom is -0.338 e. The molecule has 0 saturated carbocycles. The lowest BCUT2D eigenvalue weighted by Crippen LogP contribution is -2.36. The molecule has 7 nitrogen and oxygen atoms in total. The van der Waals surface area contributed by atoms with Crippen molar-refractivity contribution in [2.75, 3.05) is 32.7 Å². The predicted molar refractivity (Wildman–Crippen MR) is 85.9 cm³/mol. The minimum atomic E-state index is -0.0240. The number of imidazole rings is 1. The highest BCUT2D eigenvalue weighted by molar-refractivity contribution is 5.91. The molecule has 3 rings (SSSR count). The summed E-state index contributed by atoms with van der Waals surface area (Å²) >= 11 is 0. The maximum atomic E-state index is 12.4. The second kappa shape index (κ2) is 7.32. The van der Waals surface area contributed by atoms with Crippen molar-refractivity contribution >= 4 is 5.91 Å². The molecule has 1 aliphatic heterocycles. The highest BCUT2D eigenvalue weighted by atomic mass is 16.2. The van der Waals surface area contributed by atoms with Crippen LogP contribution in [0.1, 0.15) is 22.7 Å². The number of hydrogen-bond donors (Lipinski definition) is 0. The van der Waals surface area contributed by atoms with Gasteiger partial charge in [0.05, 0.1) is 6.20 Å². The van der Waals surface area contributed by atoms with E-state index in [0.29, 0.717) is 5.69 Å². The molecule has 1 fully saturated rings. The van der Waals surface area contributed by atoms with Gasteiger partial charge in [0.15, 0.2) is 0 Å². The van der Waals surface area contributed by atoms with Crippen LogP contribution in [-0.4, -0.2) is 67.9 Å². The number of aromatic nitrogens is 4. The second-order valence-electron chi connectivity index (χ2n) is 5.78. The van der Waals surface area contributed by atoms with E-state index < -0.39 is 0 Å². The van der Waals surface area contributed by atoms with Crippen molar-refractivity contribution in [1.29, 1.82) is 0 Å². The summed E-state index contributed by atoms with van der Waals surface area (Å²) in [5.74, 6) is 1.07. The van der Waals surface area contributed by atoms with E-state index in [1.165, 1.54) is 6.20 Å².